The maximum Gasteiger partial charge on any atom is 0.123 e. The van der Waals surface area contributed by atoms with Crippen molar-refractivity contribution < 1.29 is 4.39 Å². The first-order valence-corrected chi connectivity index (χ1v) is 8.04. The largest absolute Gasteiger partial charge is 0.306 e. The number of hydrogen-bond acceptors (Lipinski definition) is 2. The van der Waals surface area contributed by atoms with Crippen molar-refractivity contribution in [2.45, 2.75) is 19.4 Å². The fraction of sp³-hybridized carbons (Fsp3) is 0.286. The van der Waals surface area contributed by atoms with E-state index in [1.807, 2.05) is 12.1 Å². The molecule has 1 heterocycles. The van der Waals surface area contributed by atoms with E-state index < -0.39 is 0 Å². The van der Waals surface area contributed by atoms with Crippen LogP contribution in [0, 0.1) is 5.82 Å². The van der Waals surface area contributed by atoms with Crippen LogP contribution >= 0.6 is 38.9 Å². The highest BCUT2D eigenvalue weighted by molar-refractivity contribution is 9.11. The summed E-state index contributed by atoms with van der Waals surface area (Å²) in [6, 6.07) is 8.45. The number of thiophene rings is 1. The van der Waals surface area contributed by atoms with Crippen LogP contribution in [-0.2, 0) is 0 Å². The Hall–Kier alpha value is -0.420. The second-order valence-corrected chi connectivity index (χ2v) is 7.10. The van der Waals surface area contributed by atoms with Crippen LogP contribution in [0.25, 0.3) is 0 Å². The Balaban J connectivity index is 2.39. The van der Waals surface area contributed by atoms with E-state index in [2.05, 4.69) is 28.2 Å². The number of benzene rings is 1. The lowest BCUT2D eigenvalue weighted by molar-refractivity contribution is 0.591. The molecule has 0 radical (unpaired) electrons. The Morgan fingerprint density at radius 1 is 1.37 bits per heavy atom. The lowest BCUT2D eigenvalue weighted by Crippen LogP contribution is -2.22. The topological polar surface area (TPSA) is 12.0 Å². The van der Waals surface area contributed by atoms with E-state index in [1.165, 1.54) is 12.1 Å². The summed E-state index contributed by atoms with van der Waals surface area (Å²) in [5.41, 5.74) is 0.782. The highest BCUT2D eigenvalue weighted by atomic mass is 79.9. The molecule has 2 aromatic rings. The summed E-state index contributed by atoms with van der Waals surface area (Å²) in [5, 5.41) is 4.00. The minimum atomic E-state index is -0.265. The molecule has 0 saturated heterocycles. The van der Waals surface area contributed by atoms with Crippen LogP contribution in [0.15, 0.2) is 34.1 Å². The van der Waals surface area contributed by atoms with E-state index in [4.69, 9.17) is 11.6 Å². The van der Waals surface area contributed by atoms with Gasteiger partial charge in [-0.15, -0.1) is 11.3 Å². The van der Waals surface area contributed by atoms with Crippen molar-refractivity contribution in [3.63, 3.8) is 0 Å². The van der Waals surface area contributed by atoms with Gasteiger partial charge in [-0.25, -0.2) is 4.39 Å². The van der Waals surface area contributed by atoms with Crippen LogP contribution < -0.4 is 5.32 Å². The van der Waals surface area contributed by atoms with Gasteiger partial charge in [0.15, 0.2) is 0 Å². The van der Waals surface area contributed by atoms with E-state index in [0.717, 1.165) is 27.2 Å². The van der Waals surface area contributed by atoms with Gasteiger partial charge in [0, 0.05) is 9.90 Å². The van der Waals surface area contributed by atoms with E-state index in [-0.39, 0.29) is 11.9 Å². The number of hydrogen-bond donors (Lipinski definition) is 1. The third-order valence-electron chi connectivity index (χ3n) is 2.75. The molecule has 0 aliphatic rings. The minimum absolute atomic E-state index is 0.0700. The third-order valence-corrected chi connectivity index (χ3v) is 4.78. The van der Waals surface area contributed by atoms with Crippen LogP contribution in [0.5, 0.6) is 0 Å². The molecule has 0 fully saturated rings. The Labute approximate surface area is 129 Å². The summed E-state index contributed by atoms with van der Waals surface area (Å²) in [5.74, 6) is -0.265. The van der Waals surface area contributed by atoms with Crippen molar-refractivity contribution in [3.05, 3.63) is 55.4 Å². The molecule has 2 rings (SSSR count). The van der Waals surface area contributed by atoms with Crippen LogP contribution in [0.2, 0.25) is 5.02 Å². The molecule has 5 heteroatoms. The molecule has 0 saturated carbocycles. The predicted molar refractivity (Wildman–Crippen MR) is 83.6 cm³/mol. The molecular weight excluding hydrogens is 349 g/mol. The van der Waals surface area contributed by atoms with Gasteiger partial charge < -0.3 is 5.32 Å². The molecule has 1 unspecified atom stereocenters. The maximum atomic E-state index is 13.5. The minimum Gasteiger partial charge on any atom is -0.306 e. The van der Waals surface area contributed by atoms with Crippen molar-refractivity contribution >= 4 is 38.9 Å². The van der Waals surface area contributed by atoms with Crippen LogP contribution in [0.1, 0.15) is 29.8 Å². The Morgan fingerprint density at radius 3 is 2.79 bits per heavy atom. The molecule has 1 atom stereocenters. The van der Waals surface area contributed by atoms with Gasteiger partial charge >= 0.3 is 0 Å². The molecule has 0 bridgehead atoms. The number of halogens is 3. The molecule has 0 spiro atoms. The molecule has 102 valence electrons. The molecule has 0 aliphatic heterocycles. The Morgan fingerprint density at radius 2 is 2.16 bits per heavy atom. The lowest BCUT2D eigenvalue weighted by Gasteiger charge is -2.19. The average Bonchev–Trinajstić information content (AvgIpc) is 2.80. The summed E-state index contributed by atoms with van der Waals surface area (Å²) in [6.45, 7) is 2.95. The SMILES string of the molecule is CCCNC(c1ccc(Br)s1)c1cc(F)ccc1Cl. The van der Waals surface area contributed by atoms with Gasteiger partial charge in [0.05, 0.1) is 9.83 Å². The quantitative estimate of drug-likeness (QED) is 0.751. The van der Waals surface area contributed by atoms with Crippen LogP contribution in [0.4, 0.5) is 4.39 Å². The monoisotopic (exact) mass is 361 g/mol. The number of rotatable bonds is 5. The zero-order valence-corrected chi connectivity index (χ0v) is 13.6. The molecule has 0 amide bonds. The van der Waals surface area contributed by atoms with E-state index in [9.17, 15) is 4.39 Å². The first kappa shape index (κ1) is 15.0. The van der Waals surface area contributed by atoms with Gasteiger partial charge in [-0.2, -0.15) is 0 Å². The van der Waals surface area contributed by atoms with Crippen molar-refractivity contribution in [1.29, 1.82) is 0 Å². The first-order valence-electron chi connectivity index (χ1n) is 6.05. The van der Waals surface area contributed by atoms with Crippen molar-refractivity contribution in [2.75, 3.05) is 6.54 Å². The summed E-state index contributed by atoms with van der Waals surface area (Å²) < 4.78 is 14.5. The molecule has 0 aliphatic carbocycles. The Kier molecular flexibility index (Phi) is 5.39. The van der Waals surface area contributed by atoms with E-state index in [0.29, 0.717) is 5.02 Å². The van der Waals surface area contributed by atoms with Gasteiger partial charge in [-0.1, -0.05) is 18.5 Å². The average molecular weight is 363 g/mol. The number of nitrogens with one attached hydrogen (secondary N) is 1. The van der Waals surface area contributed by atoms with Gasteiger partial charge in [0.2, 0.25) is 0 Å². The maximum absolute atomic E-state index is 13.5. The predicted octanol–water partition coefficient (Wildman–Crippen LogP) is 5.39. The molecule has 1 aromatic carbocycles. The smallest absolute Gasteiger partial charge is 0.123 e. The molecule has 1 N–H and O–H groups in total. The van der Waals surface area contributed by atoms with Gasteiger partial charge in [0.25, 0.3) is 0 Å². The Bertz CT molecular complexity index is 558. The van der Waals surface area contributed by atoms with Crippen LogP contribution in [0.3, 0.4) is 0 Å². The zero-order chi connectivity index (χ0) is 13.8. The highest BCUT2D eigenvalue weighted by Gasteiger charge is 2.18. The standard InChI is InChI=1S/C14H14BrClFNS/c1-2-7-18-14(12-5-6-13(15)19-12)10-8-9(17)3-4-11(10)16/h3-6,8,14,18H,2,7H2,1H3. The summed E-state index contributed by atoms with van der Waals surface area (Å²) in [4.78, 5) is 1.12. The second-order valence-electron chi connectivity index (χ2n) is 4.19. The second kappa shape index (κ2) is 6.84. The van der Waals surface area contributed by atoms with Gasteiger partial charge in [-0.3, -0.25) is 0 Å². The highest BCUT2D eigenvalue weighted by Crippen LogP contribution is 2.34. The molecule has 1 nitrogen and oxygen atoms in total. The molecular formula is C14H14BrClFNS. The van der Waals surface area contributed by atoms with Crippen molar-refractivity contribution in [2.24, 2.45) is 0 Å². The zero-order valence-electron chi connectivity index (χ0n) is 10.4. The van der Waals surface area contributed by atoms with Crippen molar-refractivity contribution in [3.8, 4) is 0 Å². The fourth-order valence-corrected chi connectivity index (χ4v) is 3.62. The summed E-state index contributed by atoms with van der Waals surface area (Å²) in [7, 11) is 0. The normalized spacial score (nSPS) is 12.6. The summed E-state index contributed by atoms with van der Waals surface area (Å²) >= 11 is 11.3. The molecule has 1 aromatic heterocycles. The summed E-state index contributed by atoms with van der Waals surface area (Å²) in [6.07, 6.45) is 1.01. The molecule has 19 heavy (non-hydrogen) atoms. The van der Waals surface area contributed by atoms with Crippen molar-refractivity contribution in [1.82, 2.24) is 5.32 Å². The van der Waals surface area contributed by atoms with Crippen LogP contribution in [-0.4, -0.2) is 6.54 Å². The van der Waals surface area contributed by atoms with E-state index in [1.54, 1.807) is 17.4 Å². The fourth-order valence-electron chi connectivity index (χ4n) is 1.87. The van der Waals surface area contributed by atoms with Gasteiger partial charge in [0.1, 0.15) is 5.82 Å². The first-order chi connectivity index (χ1) is 9.11. The van der Waals surface area contributed by atoms with Gasteiger partial charge in [-0.05, 0) is 64.8 Å². The third kappa shape index (κ3) is 3.78. The lowest BCUT2D eigenvalue weighted by atomic mass is 10.0. The van der Waals surface area contributed by atoms with E-state index >= 15 is 0 Å².